The Kier molecular flexibility index (Phi) is 5.32. The molecule has 3 rings (SSSR count). The number of hydrogen-bond acceptors (Lipinski definition) is 2. The minimum Gasteiger partial charge on any atom is -0.335 e. The standard InChI is InChI=1S/C18H23BrN2O/c19-16-8-5-15(6-9-16)7-10-18(22)21-13-3-4-17(21)14-20-11-1-2-12-20/h5-10,17H,1-4,11-14H2/b10-7+/t17-/m0/s1. The highest BCUT2D eigenvalue weighted by molar-refractivity contribution is 9.10. The predicted molar refractivity (Wildman–Crippen MR) is 93.6 cm³/mol. The average molecular weight is 363 g/mol. The molecule has 0 radical (unpaired) electrons. The molecule has 2 aliphatic heterocycles. The van der Waals surface area contributed by atoms with E-state index in [2.05, 4.69) is 25.7 Å². The third kappa shape index (κ3) is 3.99. The van der Waals surface area contributed by atoms with E-state index in [0.717, 1.165) is 36.0 Å². The Morgan fingerprint density at radius 3 is 2.59 bits per heavy atom. The summed E-state index contributed by atoms with van der Waals surface area (Å²) in [5, 5.41) is 0. The van der Waals surface area contributed by atoms with Crippen LogP contribution in [-0.2, 0) is 4.79 Å². The SMILES string of the molecule is O=C(/C=C/c1ccc(Br)cc1)N1CCC[C@H]1CN1CCCC1. The van der Waals surface area contributed by atoms with Crippen LogP contribution in [0.15, 0.2) is 34.8 Å². The molecule has 2 heterocycles. The first-order chi connectivity index (χ1) is 10.7. The molecule has 2 aliphatic rings. The summed E-state index contributed by atoms with van der Waals surface area (Å²) in [5.41, 5.74) is 1.06. The van der Waals surface area contributed by atoms with E-state index in [9.17, 15) is 4.79 Å². The maximum absolute atomic E-state index is 12.5. The van der Waals surface area contributed by atoms with E-state index in [4.69, 9.17) is 0 Å². The molecule has 0 saturated carbocycles. The topological polar surface area (TPSA) is 23.6 Å². The van der Waals surface area contributed by atoms with Gasteiger partial charge in [-0.25, -0.2) is 0 Å². The number of likely N-dealkylation sites (tertiary alicyclic amines) is 2. The zero-order chi connectivity index (χ0) is 15.4. The van der Waals surface area contributed by atoms with Crippen LogP contribution >= 0.6 is 15.9 Å². The van der Waals surface area contributed by atoms with Gasteiger partial charge in [0.1, 0.15) is 0 Å². The van der Waals surface area contributed by atoms with E-state index in [-0.39, 0.29) is 5.91 Å². The fraction of sp³-hybridized carbons (Fsp3) is 0.500. The fourth-order valence-electron chi connectivity index (χ4n) is 3.42. The second kappa shape index (κ2) is 7.42. The Labute approximate surface area is 141 Å². The van der Waals surface area contributed by atoms with Gasteiger partial charge in [-0.05, 0) is 62.5 Å². The van der Waals surface area contributed by atoms with Crippen molar-refractivity contribution in [1.82, 2.24) is 9.80 Å². The van der Waals surface area contributed by atoms with Crippen LogP contribution < -0.4 is 0 Å². The predicted octanol–water partition coefficient (Wildman–Crippen LogP) is 3.55. The van der Waals surface area contributed by atoms with E-state index in [1.165, 1.54) is 25.9 Å². The smallest absolute Gasteiger partial charge is 0.246 e. The van der Waals surface area contributed by atoms with E-state index in [1.54, 1.807) is 6.08 Å². The molecule has 0 aromatic heterocycles. The van der Waals surface area contributed by atoms with Crippen molar-refractivity contribution < 1.29 is 4.79 Å². The summed E-state index contributed by atoms with van der Waals surface area (Å²) in [4.78, 5) is 17.1. The number of amides is 1. The molecule has 1 amide bonds. The maximum atomic E-state index is 12.5. The lowest BCUT2D eigenvalue weighted by Gasteiger charge is -2.27. The number of nitrogens with zero attached hydrogens (tertiary/aromatic N) is 2. The van der Waals surface area contributed by atoms with Gasteiger partial charge in [0.25, 0.3) is 0 Å². The van der Waals surface area contributed by atoms with E-state index < -0.39 is 0 Å². The molecule has 22 heavy (non-hydrogen) atoms. The third-order valence-electron chi connectivity index (χ3n) is 4.62. The molecule has 2 saturated heterocycles. The normalized spacial score (nSPS) is 22.8. The second-order valence-corrected chi connectivity index (χ2v) is 7.14. The molecule has 0 aliphatic carbocycles. The van der Waals surface area contributed by atoms with Crippen LogP contribution in [0.3, 0.4) is 0 Å². The van der Waals surface area contributed by atoms with Crippen molar-refractivity contribution in [2.45, 2.75) is 31.7 Å². The Morgan fingerprint density at radius 1 is 1.14 bits per heavy atom. The van der Waals surface area contributed by atoms with Gasteiger partial charge in [-0.1, -0.05) is 28.1 Å². The van der Waals surface area contributed by atoms with Gasteiger partial charge in [-0.15, -0.1) is 0 Å². The van der Waals surface area contributed by atoms with Crippen molar-refractivity contribution in [3.63, 3.8) is 0 Å². The van der Waals surface area contributed by atoms with Crippen LogP contribution in [0, 0.1) is 0 Å². The molecule has 4 heteroatoms. The molecule has 0 spiro atoms. The third-order valence-corrected chi connectivity index (χ3v) is 5.14. The van der Waals surface area contributed by atoms with Crippen molar-refractivity contribution in [1.29, 1.82) is 0 Å². The van der Waals surface area contributed by atoms with Crippen molar-refractivity contribution in [3.8, 4) is 0 Å². The number of halogens is 1. The van der Waals surface area contributed by atoms with E-state index in [1.807, 2.05) is 30.3 Å². The lowest BCUT2D eigenvalue weighted by Crippen LogP contribution is -2.41. The van der Waals surface area contributed by atoms with Gasteiger partial charge >= 0.3 is 0 Å². The second-order valence-electron chi connectivity index (χ2n) is 6.22. The van der Waals surface area contributed by atoms with Gasteiger partial charge in [0, 0.05) is 29.7 Å². The summed E-state index contributed by atoms with van der Waals surface area (Å²) in [5.74, 6) is 0.157. The molecule has 2 fully saturated rings. The Hall–Kier alpha value is -1.13. The van der Waals surface area contributed by atoms with Crippen molar-refractivity contribution in [2.24, 2.45) is 0 Å². The monoisotopic (exact) mass is 362 g/mol. The molecular weight excluding hydrogens is 340 g/mol. The van der Waals surface area contributed by atoms with Gasteiger partial charge in [0.2, 0.25) is 5.91 Å². The van der Waals surface area contributed by atoms with Gasteiger partial charge in [0.15, 0.2) is 0 Å². The fourth-order valence-corrected chi connectivity index (χ4v) is 3.68. The average Bonchev–Trinajstić information content (AvgIpc) is 3.19. The van der Waals surface area contributed by atoms with E-state index in [0.29, 0.717) is 6.04 Å². The molecule has 0 bridgehead atoms. The van der Waals surface area contributed by atoms with Gasteiger partial charge < -0.3 is 9.80 Å². The lowest BCUT2D eigenvalue weighted by atomic mass is 10.2. The Bertz CT molecular complexity index is 535. The highest BCUT2D eigenvalue weighted by atomic mass is 79.9. The zero-order valence-corrected chi connectivity index (χ0v) is 14.5. The number of rotatable bonds is 4. The molecule has 1 aromatic carbocycles. The number of hydrogen-bond donors (Lipinski definition) is 0. The molecule has 3 nitrogen and oxygen atoms in total. The molecule has 0 unspecified atom stereocenters. The highest BCUT2D eigenvalue weighted by Crippen LogP contribution is 2.21. The molecule has 1 atom stereocenters. The number of carbonyl (C=O) groups excluding carboxylic acids is 1. The first-order valence-electron chi connectivity index (χ1n) is 8.19. The maximum Gasteiger partial charge on any atom is 0.246 e. The van der Waals surface area contributed by atoms with Crippen LogP contribution in [0.2, 0.25) is 0 Å². The highest BCUT2D eigenvalue weighted by Gasteiger charge is 2.29. The van der Waals surface area contributed by atoms with Crippen molar-refractivity contribution >= 4 is 27.9 Å². The Morgan fingerprint density at radius 2 is 1.86 bits per heavy atom. The van der Waals surface area contributed by atoms with Gasteiger partial charge in [-0.2, -0.15) is 0 Å². The van der Waals surface area contributed by atoms with Crippen molar-refractivity contribution in [3.05, 3.63) is 40.4 Å². The van der Waals surface area contributed by atoms with E-state index >= 15 is 0 Å². The van der Waals surface area contributed by atoms with Gasteiger partial charge in [0.05, 0.1) is 0 Å². The zero-order valence-electron chi connectivity index (χ0n) is 12.9. The summed E-state index contributed by atoms with van der Waals surface area (Å²) in [7, 11) is 0. The first-order valence-corrected chi connectivity index (χ1v) is 8.98. The quantitative estimate of drug-likeness (QED) is 0.764. The van der Waals surface area contributed by atoms with Crippen LogP contribution in [0.4, 0.5) is 0 Å². The summed E-state index contributed by atoms with van der Waals surface area (Å²) < 4.78 is 1.06. The number of benzene rings is 1. The molecule has 118 valence electrons. The molecular formula is C18H23BrN2O. The largest absolute Gasteiger partial charge is 0.335 e. The summed E-state index contributed by atoms with van der Waals surface area (Å²) >= 11 is 3.42. The molecule has 1 aromatic rings. The summed E-state index contributed by atoms with van der Waals surface area (Å²) in [6, 6.07) is 8.42. The van der Waals surface area contributed by atoms with Crippen LogP contribution in [0.25, 0.3) is 6.08 Å². The number of carbonyl (C=O) groups is 1. The van der Waals surface area contributed by atoms with Crippen LogP contribution in [0.1, 0.15) is 31.2 Å². The Balaban J connectivity index is 1.59. The van der Waals surface area contributed by atoms with Crippen LogP contribution in [-0.4, -0.2) is 47.9 Å². The lowest BCUT2D eigenvalue weighted by molar-refractivity contribution is -0.127. The molecule has 0 N–H and O–H groups in total. The van der Waals surface area contributed by atoms with Crippen molar-refractivity contribution in [2.75, 3.05) is 26.2 Å². The van der Waals surface area contributed by atoms with Gasteiger partial charge in [-0.3, -0.25) is 4.79 Å². The first kappa shape index (κ1) is 15.8. The summed E-state index contributed by atoms with van der Waals surface area (Å²) in [6.45, 7) is 4.36. The minimum absolute atomic E-state index is 0.157. The minimum atomic E-state index is 0.157. The summed E-state index contributed by atoms with van der Waals surface area (Å²) in [6.07, 6.45) is 8.55. The van der Waals surface area contributed by atoms with Crippen LogP contribution in [0.5, 0.6) is 0 Å².